The van der Waals surface area contributed by atoms with Crippen LogP contribution in [-0.4, -0.2) is 10.2 Å². The number of hydrogen-bond acceptors (Lipinski definition) is 3. The molecule has 2 atom stereocenters. The third-order valence-corrected chi connectivity index (χ3v) is 3.39. The van der Waals surface area contributed by atoms with Crippen molar-refractivity contribution in [3.8, 4) is 0 Å². The summed E-state index contributed by atoms with van der Waals surface area (Å²) < 4.78 is 0. The lowest BCUT2D eigenvalue weighted by atomic mass is 10.2. The highest BCUT2D eigenvalue weighted by Crippen LogP contribution is 2.24. The summed E-state index contributed by atoms with van der Waals surface area (Å²) in [6.07, 6.45) is 3.09. The number of thioether (sulfide) groups is 1. The Hall–Kier alpha value is -0.540. The van der Waals surface area contributed by atoms with E-state index in [-0.39, 0.29) is 6.04 Å². The molecule has 0 saturated carbocycles. The zero-order valence-electron chi connectivity index (χ0n) is 9.03. The zero-order valence-corrected chi connectivity index (χ0v) is 9.84. The average molecular weight is 210 g/mol. The molecule has 0 radical (unpaired) electrons. The predicted molar refractivity (Wildman–Crippen MR) is 62.4 cm³/mol. The van der Waals surface area contributed by atoms with Crippen molar-refractivity contribution in [1.29, 1.82) is 0 Å². The first-order valence-corrected chi connectivity index (χ1v) is 5.89. The molecule has 0 fully saturated rings. The Kier molecular flexibility index (Phi) is 4.42. The minimum atomic E-state index is 0.0256. The molecule has 2 N–H and O–H groups in total. The molecular formula is C11H18N2S. The van der Waals surface area contributed by atoms with Crippen LogP contribution in [0.25, 0.3) is 0 Å². The number of rotatable bonds is 4. The highest BCUT2D eigenvalue weighted by molar-refractivity contribution is 7.99. The van der Waals surface area contributed by atoms with Gasteiger partial charge in [-0.2, -0.15) is 0 Å². The Morgan fingerprint density at radius 1 is 1.43 bits per heavy atom. The maximum absolute atomic E-state index is 5.72. The molecule has 0 aliphatic carbocycles. The average Bonchev–Trinajstić information content (AvgIpc) is 2.18. The third kappa shape index (κ3) is 3.31. The van der Waals surface area contributed by atoms with Crippen molar-refractivity contribution in [1.82, 2.24) is 4.98 Å². The van der Waals surface area contributed by atoms with Crippen molar-refractivity contribution in [2.24, 2.45) is 5.73 Å². The van der Waals surface area contributed by atoms with Gasteiger partial charge in [-0.15, -0.1) is 11.8 Å². The van der Waals surface area contributed by atoms with Crippen LogP contribution in [-0.2, 0) is 0 Å². The predicted octanol–water partition coefficient (Wildman–Crippen LogP) is 2.99. The monoisotopic (exact) mass is 210 g/mol. The quantitative estimate of drug-likeness (QED) is 0.776. The fraction of sp³-hybridized carbons (Fsp3) is 0.545. The molecule has 1 rings (SSSR count). The van der Waals surface area contributed by atoms with Crippen molar-refractivity contribution in [2.75, 3.05) is 0 Å². The van der Waals surface area contributed by atoms with Gasteiger partial charge in [0.05, 0.1) is 5.69 Å². The molecule has 1 unspecified atom stereocenters. The second-order valence-electron chi connectivity index (χ2n) is 3.54. The molecule has 0 amide bonds. The van der Waals surface area contributed by atoms with Gasteiger partial charge in [0.2, 0.25) is 0 Å². The van der Waals surface area contributed by atoms with E-state index in [4.69, 9.17) is 5.73 Å². The first-order valence-electron chi connectivity index (χ1n) is 5.01. The lowest BCUT2D eigenvalue weighted by Gasteiger charge is -2.09. The maximum Gasteiger partial charge on any atom is 0.0569 e. The molecule has 0 saturated heterocycles. The van der Waals surface area contributed by atoms with Gasteiger partial charge >= 0.3 is 0 Å². The van der Waals surface area contributed by atoms with Crippen LogP contribution in [0.5, 0.6) is 0 Å². The molecule has 0 spiro atoms. The second-order valence-corrected chi connectivity index (χ2v) is 5.06. The van der Waals surface area contributed by atoms with E-state index in [0.29, 0.717) is 5.25 Å². The van der Waals surface area contributed by atoms with Gasteiger partial charge in [0.25, 0.3) is 0 Å². The smallest absolute Gasteiger partial charge is 0.0569 e. The Morgan fingerprint density at radius 3 is 2.57 bits per heavy atom. The molecule has 1 heterocycles. The summed E-state index contributed by atoms with van der Waals surface area (Å²) in [7, 11) is 0. The van der Waals surface area contributed by atoms with Gasteiger partial charge in [-0.1, -0.05) is 13.8 Å². The summed E-state index contributed by atoms with van der Waals surface area (Å²) in [5.41, 5.74) is 6.68. The van der Waals surface area contributed by atoms with Crippen LogP contribution in [0, 0.1) is 0 Å². The molecular weight excluding hydrogens is 192 g/mol. The number of aromatic nitrogens is 1. The van der Waals surface area contributed by atoms with Crippen molar-refractivity contribution in [3.63, 3.8) is 0 Å². The standard InChI is InChI=1S/C11H18N2S/c1-4-8(2)14-10-5-6-11(9(3)12)13-7-10/h5-9H,4,12H2,1-3H3/t8?,9-/m0/s1. The largest absolute Gasteiger partial charge is 0.323 e. The van der Waals surface area contributed by atoms with Crippen molar-refractivity contribution in [2.45, 2.75) is 43.4 Å². The van der Waals surface area contributed by atoms with Gasteiger partial charge in [0, 0.05) is 22.4 Å². The zero-order chi connectivity index (χ0) is 10.6. The van der Waals surface area contributed by atoms with Crippen LogP contribution in [0.2, 0.25) is 0 Å². The van der Waals surface area contributed by atoms with E-state index in [0.717, 1.165) is 5.69 Å². The van der Waals surface area contributed by atoms with Crippen LogP contribution in [0.4, 0.5) is 0 Å². The van der Waals surface area contributed by atoms with E-state index in [1.807, 2.05) is 30.9 Å². The Labute approximate surface area is 90.3 Å². The summed E-state index contributed by atoms with van der Waals surface area (Å²) in [5.74, 6) is 0. The van der Waals surface area contributed by atoms with Crippen molar-refractivity contribution < 1.29 is 0 Å². The SMILES string of the molecule is CCC(C)Sc1ccc([C@H](C)N)nc1. The molecule has 0 aliphatic rings. The van der Waals surface area contributed by atoms with Crippen LogP contribution in [0.3, 0.4) is 0 Å². The molecule has 14 heavy (non-hydrogen) atoms. The molecule has 78 valence electrons. The van der Waals surface area contributed by atoms with Crippen LogP contribution in [0.1, 0.15) is 38.9 Å². The van der Waals surface area contributed by atoms with E-state index in [2.05, 4.69) is 24.9 Å². The summed E-state index contributed by atoms with van der Waals surface area (Å²) >= 11 is 1.86. The van der Waals surface area contributed by atoms with Crippen LogP contribution < -0.4 is 5.73 Å². The first-order chi connectivity index (χ1) is 6.63. The van der Waals surface area contributed by atoms with Crippen molar-refractivity contribution in [3.05, 3.63) is 24.0 Å². The van der Waals surface area contributed by atoms with Gasteiger partial charge in [-0.05, 0) is 25.5 Å². The first kappa shape index (κ1) is 11.5. The van der Waals surface area contributed by atoms with Crippen LogP contribution in [0.15, 0.2) is 23.2 Å². The highest BCUT2D eigenvalue weighted by atomic mass is 32.2. The summed E-state index contributed by atoms with van der Waals surface area (Å²) in [5, 5.41) is 0.651. The van der Waals surface area contributed by atoms with E-state index in [9.17, 15) is 0 Å². The van der Waals surface area contributed by atoms with E-state index in [1.54, 1.807) is 0 Å². The number of pyridine rings is 1. The fourth-order valence-electron chi connectivity index (χ4n) is 1.05. The third-order valence-electron chi connectivity index (χ3n) is 2.14. The van der Waals surface area contributed by atoms with Gasteiger partial charge in [-0.25, -0.2) is 0 Å². The number of hydrogen-bond donors (Lipinski definition) is 1. The van der Waals surface area contributed by atoms with Gasteiger partial charge in [0.15, 0.2) is 0 Å². The molecule has 2 nitrogen and oxygen atoms in total. The molecule has 3 heteroatoms. The minimum absolute atomic E-state index is 0.0256. The molecule has 0 bridgehead atoms. The summed E-state index contributed by atoms with van der Waals surface area (Å²) in [4.78, 5) is 5.55. The van der Waals surface area contributed by atoms with Crippen LogP contribution >= 0.6 is 11.8 Å². The van der Waals surface area contributed by atoms with Crippen molar-refractivity contribution >= 4 is 11.8 Å². The number of nitrogens with zero attached hydrogens (tertiary/aromatic N) is 1. The maximum atomic E-state index is 5.72. The lowest BCUT2D eigenvalue weighted by molar-refractivity contribution is 0.777. The van der Waals surface area contributed by atoms with E-state index in [1.165, 1.54) is 11.3 Å². The molecule has 0 aliphatic heterocycles. The summed E-state index contributed by atoms with van der Waals surface area (Å²) in [6.45, 7) is 6.37. The Morgan fingerprint density at radius 2 is 2.14 bits per heavy atom. The number of nitrogens with two attached hydrogens (primary N) is 1. The normalized spacial score (nSPS) is 15.1. The Bertz CT molecular complexity index is 269. The fourth-order valence-corrected chi connectivity index (χ4v) is 1.94. The molecule has 0 aromatic carbocycles. The summed E-state index contributed by atoms with van der Waals surface area (Å²) in [6, 6.07) is 4.13. The second kappa shape index (κ2) is 5.37. The van der Waals surface area contributed by atoms with E-state index >= 15 is 0 Å². The molecule has 1 aromatic rings. The molecule has 1 aromatic heterocycles. The highest BCUT2D eigenvalue weighted by Gasteiger charge is 2.04. The van der Waals surface area contributed by atoms with Gasteiger partial charge < -0.3 is 5.73 Å². The van der Waals surface area contributed by atoms with E-state index < -0.39 is 0 Å². The minimum Gasteiger partial charge on any atom is -0.323 e. The van der Waals surface area contributed by atoms with Gasteiger partial charge in [0.1, 0.15) is 0 Å². The van der Waals surface area contributed by atoms with Gasteiger partial charge in [-0.3, -0.25) is 4.98 Å². The lowest BCUT2D eigenvalue weighted by Crippen LogP contribution is -2.06. The topological polar surface area (TPSA) is 38.9 Å². The Balaban J connectivity index is 2.64.